The van der Waals surface area contributed by atoms with Gasteiger partial charge in [-0.25, -0.2) is 13.1 Å². The van der Waals surface area contributed by atoms with Crippen LogP contribution in [0.25, 0.3) is 0 Å². The lowest BCUT2D eigenvalue weighted by atomic mass is 10.2. The van der Waals surface area contributed by atoms with E-state index in [0.717, 1.165) is 12.8 Å². The van der Waals surface area contributed by atoms with Crippen LogP contribution in [-0.4, -0.2) is 20.4 Å². The third-order valence-electron chi connectivity index (χ3n) is 3.39. The maximum Gasteiger partial charge on any atom is 0.255 e. The van der Waals surface area contributed by atoms with E-state index in [9.17, 15) is 13.2 Å². The second kappa shape index (κ2) is 6.31. The summed E-state index contributed by atoms with van der Waals surface area (Å²) in [6.45, 7) is 0. The Hall–Kier alpha value is -1.89. The van der Waals surface area contributed by atoms with Gasteiger partial charge < -0.3 is 5.32 Å². The standard InChI is InChI=1S/C16H15ClN2O3S/c17-12-4-2-5-14(10-12)18-16(20)11-3-1-6-15(9-11)23(21,22)19-13-7-8-13/h1-6,9-10,13,19H,7-8H2,(H,18,20). The van der Waals surface area contributed by atoms with E-state index < -0.39 is 15.9 Å². The number of sulfonamides is 1. The van der Waals surface area contributed by atoms with Crippen LogP contribution in [0.15, 0.2) is 53.4 Å². The van der Waals surface area contributed by atoms with Crippen LogP contribution in [0.3, 0.4) is 0 Å². The Morgan fingerprint density at radius 2 is 1.83 bits per heavy atom. The van der Waals surface area contributed by atoms with Crippen LogP contribution in [0.1, 0.15) is 23.2 Å². The Morgan fingerprint density at radius 1 is 1.09 bits per heavy atom. The number of nitrogens with one attached hydrogen (secondary N) is 2. The second-order valence-electron chi connectivity index (χ2n) is 5.39. The molecule has 0 heterocycles. The van der Waals surface area contributed by atoms with Crippen molar-refractivity contribution in [3.05, 3.63) is 59.1 Å². The first-order valence-corrected chi connectivity index (χ1v) is 8.99. The van der Waals surface area contributed by atoms with Crippen LogP contribution in [0.4, 0.5) is 5.69 Å². The number of carbonyl (C=O) groups is 1. The van der Waals surface area contributed by atoms with Crippen LogP contribution < -0.4 is 10.0 Å². The van der Waals surface area contributed by atoms with Gasteiger partial charge in [-0.05, 0) is 49.2 Å². The lowest BCUT2D eigenvalue weighted by Gasteiger charge is -2.08. The van der Waals surface area contributed by atoms with Crippen molar-refractivity contribution in [3.8, 4) is 0 Å². The molecule has 0 atom stereocenters. The van der Waals surface area contributed by atoms with Gasteiger partial charge in [0.15, 0.2) is 0 Å². The lowest BCUT2D eigenvalue weighted by molar-refractivity contribution is 0.102. The molecular weight excluding hydrogens is 336 g/mol. The van der Waals surface area contributed by atoms with E-state index in [4.69, 9.17) is 11.6 Å². The molecule has 2 aromatic carbocycles. The number of carbonyl (C=O) groups excluding carboxylic acids is 1. The fourth-order valence-electron chi connectivity index (χ4n) is 2.06. The molecule has 1 aliphatic carbocycles. The Kier molecular flexibility index (Phi) is 4.39. The van der Waals surface area contributed by atoms with Gasteiger partial charge in [0, 0.05) is 22.3 Å². The minimum atomic E-state index is -3.58. The summed E-state index contributed by atoms with van der Waals surface area (Å²) in [7, 11) is -3.58. The minimum absolute atomic E-state index is 0.0175. The van der Waals surface area contributed by atoms with Crippen molar-refractivity contribution < 1.29 is 13.2 Å². The zero-order valence-corrected chi connectivity index (χ0v) is 13.7. The second-order valence-corrected chi connectivity index (χ2v) is 7.54. The van der Waals surface area contributed by atoms with E-state index in [1.54, 1.807) is 36.4 Å². The molecule has 1 fully saturated rings. The number of hydrogen-bond acceptors (Lipinski definition) is 3. The van der Waals surface area contributed by atoms with Crippen LogP contribution in [0, 0.1) is 0 Å². The van der Waals surface area contributed by atoms with Gasteiger partial charge in [0.2, 0.25) is 10.0 Å². The molecule has 0 saturated heterocycles. The first-order chi connectivity index (χ1) is 10.9. The summed E-state index contributed by atoms with van der Waals surface area (Å²) in [5.74, 6) is -0.393. The molecule has 2 aromatic rings. The summed E-state index contributed by atoms with van der Waals surface area (Å²) in [5, 5.41) is 3.20. The number of rotatable bonds is 5. The molecule has 0 unspecified atom stereocenters. The third kappa shape index (κ3) is 4.10. The summed E-state index contributed by atoms with van der Waals surface area (Å²) >= 11 is 5.87. The molecule has 23 heavy (non-hydrogen) atoms. The predicted octanol–water partition coefficient (Wildman–Crippen LogP) is 3.03. The van der Waals surface area contributed by atoms with E-state index in [1.165, 1.54) is 12.1 Å². The quantitative estimate of drug-likeness (QED) is 0.870. The van der Waals surface area contributed by atoms with E-state index in [1.807, 2.05) is 0 Å². The molecule has 120 valence electrons. The molecule has 1 amide bonds. The Morgan fingerprint density at radius 3 is 2.52 bits per heavy atom. The van der Waals surface area contributed by atoms with Crippen molar-refractivity contribution in [2.45, 2.75) is 23.8 Å². The number of halogens is 1. The highest BCUT2D eigenvalue weighted by Crippen LogP contribution is 2.23. The van der Waals surface area contributed by atoms with Crippen molar-refractivity contribution in [2.75, 3.05) is 5.32 Å². The van der Waals surface area contributed by atoms with Gasteiger partial charge in [0.25, 0.3) is 5.91 Å². The molecule has 1 aliphatic rings. The smallest absolute Gasteiger partial charge is 0.255 e. The summed E-state index contributed by atoms with van der Waals surface area (Å²) < 4.78 is 27.0. The van der Waals surface area contributed by atoms with Gasteiger partial charge in [0.1, 0.15) is 0 Å². The number of benzene rings is 2. The molecule has 0 radical (unpaired) electrons. The fraction of sp³-hybridized carbons (Fsp3) is 0.188. The highest BCUT2D eigenvalue weighted by atomic mass is 35.5. The zero-order chi connectivity index (χ0) is 16.4. The monoisotopic (exact) mass is 350 g/mol. The Bertz CT molecular complexity index is 848. The molecule has 2 N–H and O–H groups in total. The van der Waals surface area contributed by atoms with Crippen LogP contribution in [0.2, 0.25) is 5.02 Å². The highest BCUT2D eigenvalue weighted by molar-refractivity contribution is 7.89. The summed E-state index contributed by atoms with van der Waals surface area (Å²) in [6, 6.07) is 12.7. The SMILES string of the molecule is O=C(Nc1cccc(Cl)c1)c1cccc(S(=O)(=O)NC2CC2)c1. The summed E-state index contributed by atoms with van der Waals surface area (Å²) in [6.07, 6.45) is 1.71. The molecule has 0 aromatic heterocycles. The number of amides is 1. The number of hydrogen-bond donors (Lipinski definition) is 2. The van der Waals surface area contributed by atoms with E-state index in [0.29, 0.717) is 10.7 Å². The molecule has 0 spiro atoms. The van der Waals surface area contributed by atoms with E-state index in [2.05, 4.69) is 10.0 Å². The van der Waals surface area contributed by atoms with Crippen molar-refractivity contribution >= 4 is 33.2 Å². The highest BCUT2D eigenvalue weighted by Gasteiger charge is 2.28. The molecule has 0 bridgehead atoms. The van der Waals surface area contributed by atoms with E-state index >= 15 is 0 Å². The van der Waals surface area contributed by atoms with Gasteiger partial charge >= 0.3 is 0 Å². The topological polar surface area (TPSA) is 75.3 Å². The number of anilines is 1. The molecule has 7 heteroatoms. The molecule has 1 saturated carbocycles. The van der Waals surface area contributed by atoms with Crippen molar-refractivity contribution in [1.29, 1.82) is 0 Å². The van der Waals surface area contributed by atoms with Gasteiger partial charge in [0.05, 0.1) is 4.90 Å². The lowest BCUT2D eigenvalue weighted by Crippen LogP contribution is -2.26. The average Bonchev–Trinajstić information content (AvgIpc) is 3.31. The first-order valence-electron chi connectivity index (χ1n) is 7.13. The van der Waals surface area contributed by atoms with Crippen LogP contribution in [-0.2, 0) is 10.0 Å². The Balaban J connectivity index is 1.80. The average molecular weight is 351 g/mol. The summed E-state index contributed by atoms with van der Waals surface area (Å²) in [5.41, 5.74) is 0.815. The Labute approximate surface area is 139 Å². The van der Waals surface area contributed by atoms with Gasteiger partial charge in [-0.1, -0.05) is 23.7 Å². The van der Waals surface area contributed by atoms with Gasteiger partial charge in [-0.2, -0.15) is 0 Å². The molecular formula is C16H15ClN2O3S. The van der Waals surface area contributed by atoms with E-state index in [-0.39, 0.29) is 16.5 Å². The van der Waals surface area contributed by atoms with Crippen molar-refractivity contribution in [1.82, 2.24) is 4.72 Å². The maximum absolute atomic E-state index is 12.3. The zero-order valence-electron chi connectivity index (χ0n) is 12.1. The largest absolute Gasteiger partial charge is 0.322 e. The van der Waals surface area contributed by atoms with Crippen molar-refractivity contribution in [3.63, 3.8) is 0 Å². The molecule has 0 aliphatic heterocycles. The van der Waals surface area contributed by atoms with Crippen LogP contribution >= 0.6 is 11.6 Å². The molecule has 5 nitrogen and oxygen atoms in total. The summed E-state index contributed by atoms with van der Waals surface area (Å²) in [4.78, 5) is 12.4. The third-order valence-corrected chi connectivity index (χ3v) is 5.14. The van der Waals surface area contributed by atoms with Gasteiger partial charge in [-0.3, -0.25) is 4.79 Å². The fourth-order valence-corrected chi connectivity index (χ4v) is 3.60. The van der Waals surface area contributed by atoms with Gasteiger partial charge in [-0.15, -0.1) is 0 Å². The maximum atomic E-state index is 12.3. The normalized spacial score (nSPS) is 14.5. The van der Waals surface area contributed by atoms with Crippen molar-refractivity contribution in [2.24, 2.45) is 0 Å². The molecule has 3 rings (SSSR count). The minimum Gasteiger partial charge on any atom is -0.322 e. The van der Waals surface area contributed by atoms with Crippen LogP contribution in [0.5, 0.6) is 0 Å². The first kappa shape index (κ1) is 16.0. The predicted molar refractivity (Wildman–Crippen MR) is 89.2 cm³/mol.